The van der Waals surface area contributed by atoms with Crippen molar-refractivity contribution in [2.75, 3.05) is 0 Å². The van der Waals surface area contributed by atoms with Crippen molar-refractivity contribution in [2.45, 2.75) is 0 Å². The van der Waals surface area contributed by atoms with Crippen molar-refractivity contribution < 1.29 is 0 Å². The highest BCUT2D eigenvalue weighted by Gasteiger charge is 2.26. The van der Waals surface area contributed by atoms with Gasteiger partial charge in [0.1, 0.15) is 0 Å². The third-order valence-corrected chi connectivity index (χ3v) is 15.6. The highest BCUT2D eigenvalue weighted by Crippen LogP contribution is 2.49. The fourth-order valence-corrected chi connectivity index (χ4v) is 11.6. The number of rotatable bonds is 13. The number of hydrogen-bond donors (Lipinski definition) is 0. The molecule has 2 heterocycles. The molecule has 0 bridgehead atoms. The molecule has 0 radical (unpaired) electrons. The average Bonchev–Trinajstić information content (AvgIpc) is 2.45. The van der Waals surface area contributed by atoms with E-state index in [9.17, 15) is 0 Å². The van der Waals surface area contributed by atoms with E-state index in [-0.39, 0.29) is 0 Å². The van der Waals surface area contributed by atoms with Crippen LogP contribution < -0.4 is 0 Å². The summed E-state index contributed by atoms with van der Waals surface area (Å²) in [7, 11) is 0. The Morgan fingerprint density at radius 3 is 0.786 bits per heavy atom. The van der Waals surface area contributed by atoms with Gasteiger partial charge in [0.15, 0.2) is 5.82 Å². The normalized spacial score (nSPS) is 11.1. The lowest BCUT2D eigenvalue weighted by atomic mass is 9.82. The maximum atomic E-state index is 5.70. The van der Waals surface area contributed by atoms with E-state index >= 15 is 0 Å². The minimum atomic E-state index is 0.638. The summed E-state index contributed by atoms with van der Waals surface area (Å²) >= 11 is 0. The molecule has 0 unspecified atom stereocenters. The highest BCUT2D eigenvalue weighted by atomic mass is 14.9. The quantitative estimate of drug-likeness (QED) is 0.115. The van der Waals surface area contributed by atoms with Gasteiger partial charge in [-0.2, -0.15) is 0 Å². The summed E-state index contributed by atoms with van der Waals surface area (Å²) < 4.78 is 0. The zero-order chi connectivity index (χ0) is 56.0. The molecule has 0 N–H and O–H groups in total. The fraction of sp³-hybridized carbons (Fsp3) is 0. The van der Waals surface area contributed by atoms with Crippen LogP contribution in [0, 0.1) is 0 Å². The molecule has 0 atom stereocenters. The third-order valence-electron chi connectivity index (χ3n) is 15.6. The van der Waals surface area contributed by atoms with Gasteiger partial charge in [-0.15, -0.1) is 0 Å². The van der Waals surface area contributed by atoms with Gasteiger partial charge in [-0.1, -0.05) is 279 Å². The van der Waals surface area contributed by atoms with Crippen molar-refractivity contribution in [1.82, 2.24) is 15.0 Å². The minimum absolute atomic E-state index is 0.638. The molecule has 0 saturated heterocycles. The second-order valence-corrected chi connectivity index (χ2v) is 21.1. The Kier molecular flexibility index (Phi) is 14.1. The molecule has 84 heavy (non-hydrogen) atoms. The molecule has 3 nitrogen and oxygen atoms in total. The summed E-state index contributed by atoms with van der Waals surface area (Å²) in [6.07, 6.45) is 0. The predicted octanol–water partition coefficient (Wildman–Crippen LogP) is 21.5. The molecule has 0 spiro atoms. The molecular weight excluding hydrogens is 1010 g/mol. The van der Waals surface area contributed by atoms with Crippen molar-refractivity contribution in [3.8, 4) is 145 Å². The van der Waals surface area contributed by atoms with Crippen molar-refractivity contribution in [3.05, 3.63) is 334 Å². The first-order valence-electron chi connectivity index (χ1n) is 28.6. The van der Waals surface area contributed by atoms with Gasteiger partial charge in [-0.3, -0.25) is 0 Å². The van der Waals surface area contributed by atoms with E-state index in [2.05, 4.69) is 334 Å². The van der Waals surface area contributed by atoms with Crippen LogP contribution in [0.25, 0.3) is 145 Å². The van der Waals surface area contributed by atoms with E-state index in [0.717, 1.165) is 140 Å². The van der Waals surface area contributed by atoms with E-state index in [1.165, 1.54) is 0 Å². The van der Waals surface area contributed by atoms with E-state index in [1.807, 2.05) is 0 Å². The number of benzene rings is 12. The first-order chi connectivity index (χ1) is 41.6. The maximum absolute atomic E-state index is 5.70. The van der Waals surface area contributed by atoms with Gasteiger partial charge in [0.2, 0.25) is 0 Å². The van der Waals surface area contributed by atoms with Crippen LogP contribution in [0.2, 0.25) is 0 Å². The second kappa shape index (κ2) is 23.2. The molecule has 0 aliphatic heterocycles. The number of hydrogen-bond acceptors (Lipinski definition) is 3. The van der Waals surface area contributed by atoms with Crippen LogP contribution in [0.4, 0.5) is 0 Å². The minimum Gasteiger partial charge on any atom is -0.246 e. The first-order valence-corrected chi connectivity index (χ1v) is 28.6. The van der Waals surface area contributed by atoms with E-state index < -0.39 is 0 Å². The Labute approximate surface area is 491 Å². The molecule has 0 saturated carbocycles. The standard InChI is InChI=1S/C81H55N3/c1-9-27-56(28-10-1)68-49-69(57-29-11-2-12-30-57)52-72(51-68)75-55-74(82-81(83-75)73-53-70(58-31-13-3-14-32-58)50-71(54-73)59-33-15-4-16-34-59)66-45-25-43-64(47-66)65-44-26-46-67(48-65)76-77(60-35-17-5-18-36-60)79(62-39-21-7-22-40-62)84-80(63-41-23-8-24-42-63)78(76)61-37-19-6-20-38-61/h1-55H. The monoisotopic (exact) mass is 1070 g/mol. The largest absolute Gasteiger partial charge is 0.246 e. The van der Waals surface area contributed by atoms with Gasteiger partial charge in [-0.25, -0.2) is 15.0 Å². The summed E-state index contributed by atoms with van der Waals surface area (Å²) in [5.74, 6) is 0.638. The van der Waals surface area contributed by atoms with Gasteiger partial charge in [0.25, 0.3) is 0 Å². The molecule has 14 rings (SSSR count). The second-order valence-electron chi connectivity index (χ2n) is 21.1. The third kappa shape index (κ3) is 10.6. The van der Waals surface area contributed by atoms with Gasteiger partial charge < -0.3 is 0 Å². The molecule has 0 fully saturated rings. The van der Waals surface area contributed by atoms with Gasteiger partial charge >= 0.3 is 0 Å². The molecule has 3 heteroatoms. The Balaban J connectivity index is 0.979. The lowest BCUT2D eigenvalue weighted by molar-refractivity contribution is 1.18. The van der Waals surface area contributed by atoms with Crippen LogP contribution >= 0.6 is 0 Å². The Bertz CT molecular complexity index is 4230. The summed E-state index contributed by atoms with van der Waals surface area (Å²) in [6.45, 7) is 0. The maximum Gasteiger partial charge on any atom is 0.160 e. The van der Waals surface area contributed by atoms with Gasteiger partial charge in [0, 0.05) is 44.5 Å². The van der Waals surface area contributed by atoms with E-state index in [1.54, 1.807) is 0 Å². The summed E-state index contributed by atoms with van der Waals surface area (Å²) in [5.41, 5.74) is 26.1. The highest BCUT2D eigenvalue weighted by molar-refractivity contribution is 6.05. The molecular formula is C81H55N3. The molecule has 0 amide bonds. The van der Waals surface area contributed by atoms with Crippen LogP contribution in [0.3, 0.4) is 0 Å². The smallest absolute Gasteiger partial charge is 0.160 e. The van der Waals surface area contributed by atoms with Crippen LogP contribution in [0.1, 0.15) is 0 Å². The van der Waals surface area contributed by atoms with Crippen molar-refractivity contribution >= 4 is 0 Å². The lowest BCUT2D eigenvalue weighted by Crippen LogP contribution is -2.01. The van der Waals surface area contributed by atoms with Crippen LogP contribution in [-0.4, -0.2) is 15.0 Å². The van der Waals surface area contributed by atoms with Crippen LogP contribution in [0.15, 0.2) is 334 Å². The molecule has 12 aromatic carbocycles. The van der Waals surface area contributed by atoms with E-state index in [4.69, 9.17) is 15.0 Å². The summed E-state index contributed by atoms with van der Waals surface area (Å²) in [6, 6.07) is 119. The zero-order valence-electron chi connectivity index (χ0n) is 46.1. The van der Waals surface area contributed by atoms with Crippen LogP contribution in [0.5, 0.6) is 0 Å². The lowest BCUT2D eigenvalue weighted by Gasteiger charge is -2.23. The molecule has 14 aromatic rings. The molecule has 0 aliphatic rings. The molecule has 0 aliphatic carbocycles. The molecule has 2 aromatic heterocycles. The molecule has 394 valence electrons. The van der Waals surface area contributed by atoms with Crippen molar-refractivity contribution in [1.29, 1.82) is 0 Å². The Hall–Kier alpha value is -11.1. The van der Waals surface area contributed by atoms with E-state index in [0.29, 0.717) is 5.82 Å². The topological polar surface area (TPSA) is 38.7 Å². The van der Waals surface area contributed by atoms with Crippen molar-refractivity contribution in [2.24, 2.45) is 0 Å². The van der Waals surface area contributed by atoms with Crippen LogP contribution in [-0.2, 0) is 0 Å². The summed E-state index contributed by atoms with van der Waals surface area (Å²) in [5, 5.41) is 0. The van der Waals surface area contributed by atoms with Gasteiger partial charge in [0.05, 0.1) is 22.8 Å². The first kappa shape index (κ1) is 51.0. The number of aromatic nitrogens is 3. The van der Waals surface area contributed by atoms with Crippen molar-refractivity contribution in [3.63, 3.8) is 0 Å². The number of pyridine rings is 1. The SMILES string of the molecule is c1ccc(-c2cc(-c3ccccc3)cc(-c3cc(-c4cccc(-c5cccc(-c6c(-c7ccccc7)c(-c7ccccc7)nc(-c7ccccc7)c6-c6ccccc6)c5)c4)nc(-c4cc(-c5ccccc5)cc(-c5ccccc5)c4)n3)c2)cc1. The van der Waals surface area contributed by atoms with Gasteiger partial charge in [-0.05, 0) is 127 Å². The Morgan fingerprint density at radius 1 is 0.143 bits per heavy atom. The predicted molar refractivity (Wildman–Crippen MR) is 350 cm³/mol. The Morgan fingerprint density at radius 2 is 0.405 bits per heavy atom. The average molecular weight is 1070 g/mol. The zero-order valence-corrected chi connectivity index (χ0v) is 46.1. The summed E-state index contributed by atoms with van der Waals surface area (Å²) in [4.78, 5) is 16.9. The fourth-order valence-electron chi connectivity index (χ4n) is 11.6. The number of nitrogens with zero attached hydrogens (tertiary/aromatic N) is 3.